The van der Waals surface area contributed by atoms with Gasteiger partial charge in [-0.3, -0.25) is 14.9 Å². The van der Waals surface area contributed by atoms with Crippen LogP contribution in [0.25, 0.3) is 11.0 Å². The van der Waals surface area contributed by atoms with Crippen LogP contribution in [-0.2, 0) is 4.79 Å². The zero-order valence-corrected chi connectivity index (χ0v) is 15.2. The molecule has 3 aromatic rings. The monoisotopic (exact) mass is 372 g/mol. The summed E-state index contributed by atoms with van der Waals surface area (Å²) in [6.45, 7) is 4.74. The number of aryl methyl sites for hydroxylation is 2. The number of ether oxygens (including phenoxy) is 1. The highest BCUT2D eigenvalue weighted by Crippen LogP contribution is 2.24. The molecule has 0 unspecified atom stereocenters. The number of Topliss-reactive ketones (excluding diaryl/α,β-unsaturated/α-hetero) is 1. The molecule has 1 amide bonds. The van der Waals surface area contributed by atoms with Crippen molar-refractivity contribution in [3.8, 4) is 5.75 Å². The zero-order chi connectivity index (χ0) is 18.8. The Balaban J connectivity index is 1.68. The number of benzene rings is 1. The average Bonchev–Trinajstić information content (AvgIpc) is 2.93. The predicted octanol–water partition coefficient (Wildman–Crippen LogP) is 3.09. The van der Waals surface area contributed by atoms with E-state index in [4.69, 9.17) is 9.15 Å². The van der Waals surface area contributed by atoms with Gasteiger partial charge in [0.05, 0.1) is 10.6 Å². The lowest BCUT2D eigenvalue weighted by molar-refractivity contribution is -0.118. The van der Waals surface area contributed by atoms with Gasteiger partial charge in [0.25, 0.3) is 5.91 Å². The fourth-order valence-electron chi connectivity index (χ4n) is 2.48. The van der Waals surface area contributed by atoms with Crippen LogP contribution in [0.2, 0.25) is 0 Å². The lowest BCUT2D eigenvalue weighted by atomic mass is 10.1. The molecule has 0 radical (unpaired) electrons. The first-order valence-electron chi connectivity index (χ1n) is 7.79. The van der Waals surface area contributed by atoms with Crippen LogP contribution in [0, 0.1) is 13.8 Å². The van der Waals surface area contributed by atoms with Crippen LogP contribution >= 0.6 is 11.3 Å². The molecule has 0 aliphatic heterocycles. The number of carbonyl (C=O) groups excluding carboxylic acids is 2. The highest BCUT2D eigenvalue weighted by molar-refractivity contribution is 7.17. The van der Waals surface area contributed by atoms with E-state index < -0.39 is 11.5 Å². The second-order valence-corrected chi connectivity index (χ2v) is 6.73. The van der Waals surface area contributed by atoms with Crippen LogP contribution in [0.1, 0.15) is 27.9 Å². The molecule has 134 valence electrons. The Morgan fingerprint density at radius 1 is 1.27 bits per heavy atom. The maximum atomic E-state index is 12.0. The van der Waals surface area contributed by atoms with Gasteiger partial charge in [-0.15, -0.1) is 0 Å². The molecule has 7 nitrogen and oxygen atoms in total. The number of fused-ring (bicyclic) bond motifs is 1. The summed E-state index contributed by atoms with van der Waals surface area (Å²) in [6.07, 6.45) is 0. The Hall–Kier alpha value is -3.00. The standard InChI is InChI=1S/C18H16N2O5S/c1-9-6-16(23)25-14-7-12(4-5-13(9)14)24-8-15(22)20-18-19-10(2)17(26-18)11(3)21/h4-7H,8H2,1-3H3,(H,19,20,22). The molecule has 0 saturated heterocycles. The topological polar surface area (TPSA) is 98.5 Å². The van der Waals surface area contributed by atoms with Gasteiger partial charge in [-0.05, 0) is 31.5 Å². The van der Waals surface area contributed by atoms with E-state index >= 15 is 0 Å². The molecule has 0 spiro atoms. The van der Waals surface area contributed by atoms with Crippen molar-refractivity contribution in [2.24, 2.45) is 0 Å². The molecule has 0 aliphatic rings. The molecule has 0 aliphatic carbocycles. The van der Waals surface area contributed by atoms with Gasteiger partial charge in [0.1, 0.15) is 11.3 Å². The number of thiazole rings is 1. The summed E-state index contributed by atoms with van der Waals surface area (Å²) in [6, 6.07) is 6.45. The lowest BCUT2D eigenvalue weighted by Gasteiger charge is -2.07. The Morgan fingerprint density at radius 3 is 2.73 bits per heavy atom. The fourth-order valence-corrected chi connectivity index (χ4v) is 3.35. The van der Waals surface area contributed by atoms with Crippen molar-refractivity contribution >= 4 is 39.1 Å². The van der Waals surface area contributed by atoms with Crippen LogP contribution in [0.5, 0.6) is 5.75 Å². The number of amides is 1. The number of anilines is 1. The Kier molecular flexibility index (Phi) is 4.85. The second-order valence-electron chi connectivity index (χ2n) is 5.73. The number of hydrogen-bond donors (Lipinski definition) is 1. The van der Waals surface area contributed by atoms with Crippen LogP contribution < -0.4 is 15.7 Å². The molecule has 1 N–H and O–H groups in total. The van der Waals surface area contributed by atoms with Gasteiger partial charge in [0.2, 0.25) is 0 Å². The third kappa shape index (κ3) is 3.80. The van der Waals surface area contributed by atoms with E-state index in [1.807, 2.05) is 6.92 Å². The molecule has 0 saturated carbocycles. The van der Waals surface area contributed by atoms with Gasteiger partial charge in [-0.25, -0.2) is 9.78 Å². The van der Waals surface area contributed by atoms with Crippen molar-refractivity contribution in [1.29, 1.82) is 0 Å². The van der Waals surface area contributed by atoms with E-state index in [1.54, 1.807) is 25.1 Å². The van der Waals surface area contributed by atoms with Gasteiger partial charge in [0, 0.05) is 24.4 Å². The van der Waals surface area contributed by atoms with E-state index in [2.05, 4.69) is 10.3 Å². The highest BCUT2D eigenvalue weighted by atomic mass is 32.1. The number of ketones is 1. The van der Waals surface area contributed by atoms with Gasteiger partial charge in [-0.2, -0.15) is 0 Å². The van der Waals surface area contributed by atoms with Crippen molar-refractivity contribution in [2.75, 3.05) is 11.9 Å². The van der Waals surface area contributed by atoms with E-state index in [-0.39, 0.29) is 12.4 Å². The van der Waals surface area contributed by atoms with Crippen molar-refractivity contribution in [1.82, 2.24) is 4.98 Å². The zero-order valence-electron chi connectivity index (χ0n) is 14.4. The molecule has 3 rings (SSSR count). The predicted molar refractivity (Wildman–Crippen MR) is 98.2 cm³/mol. The summed E-state index contributed by atoms with van der Waals surface area (Å²) in [4.78, 5) is 39.6. The molecule has 1 aromatic carbocycles. The summed E-state index contributed by atoms with van der Waals surface area (Å²) >= 11 is 1.12. The minimum atomic E-state index is -0.440. The number of carbonyl (C=O) groups is 2. The molecule has 0 fully saturated rings. The number of rotatable bonds is 5. The average molecular weight is 372 g/mol. The molecule has 8 heteroatoms. The maximum Gasteiger partial charge on any atom is 0.336 e. The largest absolute Gasteiger partial charge is 0.484 e. The number of nitrogens with one attached hydrogen (secondary N) is 1. The summed E-state index contributed by atoms with van der Waals surface area (Å²) < 4.78 is 10.6. The van der Waals surface area contributed by atoms with E-state index in [9.17, 15) is 14.4 Å². The van der Waals surface area contributed by atoms with E-state index in [0.29, 0.717) is 27.0 Å². The Labute approximate surface area is 152 Å². The summed E-state index contributed by atoms with van der Waals surface area (Å²) in [5, 5.41) is 3.75. The quantitative estimate of drug-likeness (QED) is 0.546. The summed E-state index contributed by atoms with van der Waals surface area (Å²) in [5.74, 6) is -0.0921. The first-order valence-corrected chi connectivity index (χ1v) is 8.60. The number of nitrogens with zero attached hydrogens (tertiary/aromatic N) is 1. The molecule has 0 bridgehead atoms. The van der Waals surface area contributed by atoms with Crippen molar-refractivity contribution in [2.45, 2.75) is 20.8 Å². The van der Waals surface area contributed by atoms with Gasteiger partial charge in [-0.1, -0.05) is 11.3 Å². The maximum absolute atomic E-state index is 12.0. The van der Waals surface area contributed by atoms with E-state index in [1.165, 1.54) is 13.0 Å². The normalized spacial score (nSPS) is 10.7. The molecule has 2 heterocycles. The minimum absolute atomic E-state index is 0.0929. The molecular formula is C18H16N2O5S. The Bertz CT molecular complexity index is 1070. The van der Waals surface area contributed by atoms with E-state index in [0.717, 1.165) is 22.3 Å². The van der Waals surface area contributed by atoms with Gasteiger partial charge >= 0.3 is 5.63 Å². The van der Waals surface area contributed by atoms with Gasteiger partial charge in [0.15, 0.2) is 17.5 Å². The van der Waals surface area contributed by atoms with Crippen molar-refractivity contribution in [3.63, 3.8) is 0 Å². The minimum Gasteiger partial charge on any atom is -0.484 e. The molecule has 26 heavy (non-hydrogen) atoms. The fraction of sp³-hybridized carbons (Fsp3) is 0.222. The van der Waals surface area contributed by atoms with Crippen molar-refractivity contribution < 1.29 is 18.7 Å². The first-order chi connectivity index (χ1) is 12.3. The molecule has 0 atom stereocenters. The SMILES string of the molecule is CC(=O)c1sc(NC(=O)COc2ccc3c(C)cc(=O)oc3c2)nc1C. The first kappa shape index (κ1) is 17.8. The molecule has 2 aromatic heterocycles. The lowest BCUT2D eigenvalue weighted by Crippen LogP contribution is -2.20. The van der Waals surface area contributed by atoms with Crippen LogP contribution in [0.3, 0.4) is 0 Å². The third-order valence-corrected chi connectivity index (χ3v) is 4.83. The second kappa shape index (κ2) is 7.09. The molecular weight excluding hydrogens is 356 g/mol. The van der Waals surface area contributed by atoms with Crippen molar-refractivity contribution in [3.05, 3.63) is 50.8 Å². The van der Waals surface area contributed by atoms with Gasteiger partial charge < -0.3 is 9.15 Å². The summed E-state index contributed by atoms with van der Waals surface area (Å²) in [7, 11) is 0. The Morgan fingerprint density at radius 2 is 2.04 bits per heavy atom. The third-order valence-electron chi connectivity index (χ3n) is 3.66. The van der Waals surface area contributed by atoms with Crippen LogP contribution in [-0.4, -0.2) is 23.3 Å². The number of hydrogen-bond acceptors (Lipinski definition) is 7. The number of aromatic nitrogens is 1. The smallest absolute Gasteiger partial charge is 0.336 e. The summed E-state index contributed by atoms with van der Waals surface area (Å²) in [5.41, 5.74) is 1.35. The van der Waals surface area contributed by atoms with Crippen LogP contribution in [0.15, 0.2) is 33.5 Å². The van der Waals surface area contributed by atoms with Crippen LogP contribution in [0.4, 0.5) is 5.13 Å². The highest BCUT2D eigenvalue weighted by Gasteiger charge is 2.14.